The van der Waals surface area contributed by atoms with Gasteiger partial charge in [-0.2, -0.15) is 5.10 Å². The Labute approximate surface area is 69.5 Å². The summed E-state index contributed by atoms with van der Waals surface area (Å²) in [5, 5.41) is 11.8. The average molecular weight is 164 g/mol. The molecule has 0 amide bonds. The number of rotatable bonds is 1. The minimum absolute atomic E-state index is 0.331. The number of carboxylic acid groups (broad SMARTS) is 1. The highest BCUT2D eigenvalue weighted by atomic mass is 16.4. The number of hydrogen-bond donors (Lipinski definition) is 2. The fourth-order valence-electron chi connectivity index (χ4n) is 0.581. The summed E-state index contributed by atoms with van der Waals surface area (Å²) >= 11 is 0. The van der Waals surface area contributed by atoms with Gasteiger partial charge in [0.25, 0.3) is 0 Å². The zero-order chi connectivity index (χ0) is 8.81. The molecule has 2 N–H and O–H groups in total. The highest BCUT2D eigenvalue weighted by Gasteiger charge is 1.96. The molecule has 1 aliphatic rings. The van der Waals surface area contributed by atoms with Gasteiger partial charge in [0.2, 0.25) is 0 Å². The van der Waals surface area contributed by atoms with E-state index in [0.717, 1.165) is 0 Å². The van der Waals surface area contributed by atoms with E-state index in [9.17, 15) is 4.79 Å². The molecule has 1 heterocycles. The summed E-state index contributed by atoms with van der Waals surface area (Å²) < 4.78 is 0. The normalized spacial score (nSPS) is 10.7. The Balaban J connectivity index is 0.000000200. The van der Waals surface area contributed by atoms with Crippen molar-refractivity contribution in [1.29, 1.82) is 0 Å². The van der Waals surface area contributed by atoms with Gasteiger partial charge in [-0.3, -0.25) is 5.43 Å². The van der Waals surface area contributed by atoms with Gasteiger partial charge in [-0.25, -0.2) is 4.79 Å². The lowest BCUT2D eigenvalue weighted by molar-refractivity contribution is 0.0697. The van der Waals surface area contributed by atoms with Gasteiger partial charge in [0, 0.05) is 0 Å². The molecular weight excluding hydrogens is 156 g/mol. The minimum Gasteiger partial charge on any atom is -0.478 e. The zero-order valence-electron chi connectivity index (χ0n) is 6.27. The minimum atomic E-state index is -0.879. The van der Waals surface area contributed by atoms with Crippen LogP contribution in [0, 0.1) is 0 Å². The monoisotopic (exact) mass is 164 g/mol. The van der Waals surface area contributed by atoms with E-state index in [1.54, 1.807) is 36.7 Å². The van der Waals surface area contributed by atoms with Crippen LogP contribution in [0.1, 0.15) is 10.4 Å². The summed E-state index contributed by atoms with van der Waals surface area (Å²) in [6.07, 6.45) is 1.62. The van der Waals surface area contributed by atoms with Crippen LogP contribution in [0.3, 0.4) is 0 Å². The van der Waals surface area contributed by atoms with Crippen molar-refractivity contribution < 1.29 is 9.90 Å². The van der Waals surface area contributed by atoms with E-state index in [2.05, 4.69) is 10.5 Å². The van der Waals surface area contributed by atoms with Gasteiger partial charge in [0.05, 0.1) is 5.56 Å². The Morgan fingerprint density at radius 2 is 1.83 bits per heavy atom. The van der Waals surface area contributed by atoms with Gasteiger partial charge >= 0.3 is 5.97 Å². The number of nitrogens with zero attached hydrogens (tertiary/aromatic N) is 1. The Kier molecular flexibility index (Phi) is 2.84. The molecule has 0 atom stereocenters. The molecule has 4 nitrogen and oxygen atoms in total. The standard InChI is InChI=1S/C7H6O2.CH2N2/c8-7(9)6-4-2-1-3-5-6;1-2-3-1/h1-5H,(H,8,9);1H,(H,2,3). The number of carbonyl (C=O) groups is 1. The van der Waals surface area contributed by atoms with Crippen LogP contribution in [0.15, 0.2) is 35.4 Å². The van der Waals surface area contributed by atoms with Crippen LogP contribution < -0.4 is 5.43 Å². The third-order valence-electron chi connectivity index (χ3n) is 1.15. The van der Waals surface area contributed by atoms with Crippen molar-refractivity contribution in [3.05, 3.63) is 35.9 Å². The number of carboxylic acids is 1. The van der Waals surface area contributed by atoms with E-state index in [1.165, 1.54) is 0 Å². The van der Waals surface area contributed by atoms with E-state index in [4.69, 9.17) is 5.11 Å². The predicted molar refractivity (Wildman–Crippen MR) is 45.0 cm³/mol. The summed E-state index contributed by atoms with van der Waals surface area (Å²) in [5.41, 5.74) is 2.83. The van der Waals surface area contributed by atoms with E-state index < -0.39 is 5.97 Å². The van der Waals surface area contributed by atoms with E-state index in [0.29, 0.717) is 5.56 Å². The first kappa shape index (κ1) is 8.26. The summed E-state index contributed by atoms with van der Waals surface area (Å²) in [6, 6.07) is 8.30. The SMILES string of the molecule is C1=NN1.O=C(O)c1ccccc1. The lowest BCUT2D eigenvalue weighted by Crippen LogP contribution is -1.93. The number of benzene rings is 1. The predicted octanol–water partition coefficient (Wildman–Crippen LogP) is 0.918. The quantitative estimate of drug-likeness (QED) is 0.648. The Morgan fingerprint density at radius 1 is 1.33 bits per heavy atom. The Bertz CT molecular complexity index is 278. The lowest BCUT2D eigenvalue weighted by Gasteiger charge is -1.88. The molecule has 0 aliphatic carbocycles. The second-order valence-electron chi connectivity index (χ2n) is 2.06. The van der Waals surface area contributed by atoms with Crippen LogP contribution in [0.2, 0.25) is 0 Å². The van der Waals surface area contributed by atoms with Crippen LogP contribution in [0.5, 0.6) is 0 Å². The van der Waals surface area contributed by atoms with Gasteiger partial charge in [0.1, 0.15) is 6.34 Å². The molecule has 0 unspecified atom stereocenters. The molecule has 0 bridgehead atoms. The van der Waals surface area contributed by atoms with Crippen molar-refractivity contribution >= 4 is 12.3 Å². The highest BCUT2D eigenvalue weighted by Crippen LogP contribution is 1.96. The Hall–Kier alpha value is -1.84. The van der Waals surface area contributed by atoms with Gasteiger partial charge in [-0.05, 0) is 12.1 Å². The van der Waals surface area contributed by atoms with Crippen molar-refractivity contribution in [2.45, 2.75) is 0 Å². The smallest absolute Gasteiger partial charge is 0.335 e. The fourth-order valence-corrected chi connectivity index (χ4v) is 0.581. The largest absolute Gasteiger partial charge is 0.478 e. The maximum Gasteiger partial charge on any atom is 0.335 e. The molecular formula is C8H8N2O2. The van der Waals surface area contributed by atoms with Crippen molar-refractivity contribution in [3.8, 4) is 0 Å². The zero-order valence-corrected chi connectivity index (χ0v) is 6.27. The van der Waals surface area contributed by atoms with Gasteiger partial charge in [-0.1, -0.05) is 18.2 Å². The number of nitrogens with one attached hydrogen (secondary N) is 1. The second-order valence-corrected chi connectivity index (χ2v) is 2.06. The topological polar surface area (TPSA) is 71.6 Å². The molecule has 2 rings (SSSR count). The third kappa shape index (κ3) is 3.36. The molecule has 12 heavy (non-hydrogen) atoms. The van der Waals surface area contributed by atoms with Crippen molar-refractivity contribution in [1.82, 2.24) is 5.43 Å². The van der Waals surface area contributed by atoms with Gasteiger partial charge in [0.15, 0.2) is 0 Å². The van der Waals surface area contributed by atoms with Gasteiger partial charge < -0.3 is 5.11 Å². The van der Waals surface area contributed by atoms with Gasteiger partial charge in [-0.15, -0.1) is 0 Å². The number of hydrogen-bond acceptors (Lipinski definition) is 3. The summed E-state index contributed by atoms with van der Waals surface area (Å²) in [5.74, 6) is -0.879. The van der Waals surface area contributed by atoms with Crippen LogP contribution in [-0.2, 0) is 0 Å². The molecule has 0 saturated carbocycles. The van der Waals surface area contributed by atoms with E-state index in [1.807, 2.05) is 0 Å². The molecule has 0 fully saturated rings. The number of hydrazone groups is 1. The molecule has 1 aromatic rings. The van der Waals surface area contributed by atoms with E-state index >= 15 is 0 Å². The number of aromatic carboxylic acids is 1. The maximum absolute atomic E-state index is 10.2. The van der Waals surface area contributed by atoms with E-state index in [-0.39, 0.29) is 0 Å². The molecule has 0 spiro atoms. The summed E-state index contributed by atoms with van der Waals surface area (Å²) in [4.78, 5) is 10.2. The first-order chi connectivity index (χ1) is 5.80. The van der Waals surface area contributed by atoms with Crippen LogP contribution in [0.25, 0.3) is 0 Å². The molecule has 0 aromatic heterocycles. The van der Waals surface area contributed by atoms with Crippen molar-refractivity contribution in [2.24, 2.45) is 5.10 Å². The second kappa shape index (κ2) is 4.12. The summed E-state index contributed by atoms with van der Waals surface area (Å²) in [7, 11) is 0. The van der Waals surface area contributed by atoms with Crippen LogP contribution in [-0.4, -0.2) is 17.4 Å². The third-order valence-corrected chi connectivity index (χ3v) is 1.15. The van der Waals surface area contributed by atoms with Crippen molar-refractivity contribution in [3.63, 3.8) is 0 Å². The molecule has 1 aromatic carbocycles. The molecule has 1 aliphatic heterocycles. The highest BCUT2D eigenvalue weighted by molar-refractivity contribution is 5.87. The molecule has 0 saturated heterocycles. The fraction of sp³-hybridized carbons (Fsp3) is 0. The molecule has 4 heteroatoms. The first-order valence-corrected chi connectivity index (χ1v) is 3.36. The average Bonchev–Trinajstić information content (AvgIpc) is 2.92. The molecule has 0 radical (unpaired) electrons. The summed E-state index contributed by atoms with van der Waals surface area (Å²) in [6.45, 7) is 0. The Morgan fingerprint density at radius 3 is 2.08 bits per heavy atom. The molecule has 62 valence electrons. The maximum atomic E-state index is 10.2. The lowest BCUT2D eigenvalue weighted by atomic mass is 10.2. The van der Waals surface area contributed by atoms with Crippen LogP contribution in [0.4, 0.5) is 0 Å². The van der Waals surface area contributed by atoms with Crippen molar-refractivity contribution in [2.75, 3.05) is 0 Å². The first-order valence-electron chi connectivity index (χ1n) is 3.36. The van der Waals surface area contributed by atoms with Crippen LogP contribution >= 0.6 is 0 Å².